The van der Waals surface area contributed by atoms with E-state index in [0.29, 0.717) is 0 Å². The molecule has 2 aromatic rings. The van der Waals surface area contributed by atoms with Crippen LogP contribution in [-0.4, -0.2) is 18.6 Å². The minimum Gasteiger partial charge on any atom is -0.280 e. The number of benzene rings is 1. The summed E-state index contributed by atoms with van der Waals surface area (Å²) in [6.07, 6.45) is 0. The molecule has 20 heavy (non-hydrogen) atoms. The summed E-state index contributed by atoms with van der Waals surface area (Å²) in [5.41, 5.74) is 0.750. The summed E-state index contributed by atoms with van der Waals surface area (Å²) in [6.45, 7) is 6.06. The Morgan fingerprint density at radius 1 is 1.20 bits per heavy atom. The standard InChI is InChI=1S/C13H16BrN3O2S/c1-13(2,3)11-8-12(16-15-11)17-20(18,19)10-6-4-9(14)5-7-10/h4-8H,1-3H3,(H2,15,16,17). The van der Waals surface area contributed by atoms with Gasteiger partial charge >= 0.3 is 0 Å². The summed E-state index contributed by atoms with van der Waals surface area (Å²) in [6, 6.07) is 8.13. The molecule has 0 aliphatic rings. The van der Waals surface area contributed by atoms with Crippen LogP contribution in [0.3, 0.4) is 0 Å². The molecule has 7 heteroatoms. The molecule has 1 heterocycles. The van der Waals surface area contributed by atoms with Crippen LogP contribution < -0.4 is 4.72 Å². The van der Waals surface area contributed by atoms with Crippen molar-refractivity contribution < 1.29 is 8.42 Å². The number of nitrogens with one attached hydrogen (secondary N) is 2. The maximum absolute atomic E-state index is 12.2. The van der Waals surface area contributed by atoms with Crippen molar-refractivity contribution in [3.05, 3.63) is 40.5 Å². The highest BCUT2D eigenvalue weighted by Crippen LogP contribution is 2.23. The number of H-pyrrole nitrogens is 1. The second-order valence-electron chi connectivity index (χ2n) is 5.48. The fraction of sp³-hybridized carbons (Fsp3) is 0.308. The van der Waals surface area contributed by atoms with Gasteiger partial charge in [-0.3, -0.25) is 9.82 Å². The highest BCUT2D eigenvalue weighted by atomic mass is 79.9. The van der Waals surface area contributed by atoms with Gasteiger partial charge in [-0.1, -0.05) is 36.7 Å². The minimum absolute atomic E-state index is 0.117. The number of aromatic amines is 1. The Morgan fingerprint density at radius 2 is 1.80 bits per heavy atom. The molecule has 0 atom stereocenters. The average Bonchev–Trinajstić information content (AvgIpc) is 2.77. The molecule has 108 valence electrons. The number of anilines is 1. The number of aromatic nitrogens is 2. The molecule has 0 unspecified atom stereocenters. The number of hydrogen-bond donors (Lipinski definition) is 2. The molecule has 0 spiro atoms. The molecule has 1 aromatic carbocycles. The minimum atomic E-state index is -3.62. The predicted molar refractivity (Wildman–Crippen MR) is 82.2 cm³/mol. The molecule has 0 saturated carbocycles. The topological polar surface area (TPSA) is 74.8 Å². The van der Waals surface area contributed by atoms with E-state index in [1.165, 1.54) is 12.1 Å². The van der Waals surface area contributed by atoms with Crippen molar-refractivity contribution >= 4 is 31.8 Å². The van der Waals surface area contributed by atoms with Gasteiger partial charge in [0.15, 0.2) is 5.82 Å². The Morgan fingerprint density at radius 3 is 2.30 bits per heavy atom. The van der Waals surface area contributed by atoms with Gasteiger partial charge in [-0.15, -0.1) is 0 Å². The van der Waals surface area contributed by atoms with Crippen molar-refractivity contribution in [1.29, 1.82) is 0 Å². The molecular formula is C13H16BrN3O2S. The van der Waals surface area contributed by atoms with E-state index in [1.54, 1.807) is 18.2 Å². The summed E-state index contributed by atoms with van der Waals surface area (Å²) in [7, 11) is -3.62. The fourth-order valence-electron chi connectivity index (χ4n) is 1.57. The molecule has 0 radical (unpaired) electrons. The summed E-state index contributed by atoms with van der Waals surface area (Å²) < 4.78 is 27.7. The number of hydrogen-bond acceptors (Lipinski definition) is 3. The second-order valence-corrected chi connectivity index (χ2v) is 8.07. The molecule has 0 amide bonds. The second kappa shape index (κ2) is 5.21. The van der Waals surface area contributed by atoms with Crippen molar-refractivity contribution in [1.82, 2.24) is 10.2 Å². The van der Waals surface area contributed by atoms with Crippen LogP contribution in [0, 0.1) is 0 Å². The van der Waals surface area contributed by atoms with Gasteiger partial charge in [-0.05, 0) is 24.3 Å². The highest BCUT2D eigenvalue weighted by molar-refractivity contribution is 9.10. The Balaban J connectivity index is 2.25. The third kappa shape index (κ3) is 3.40. The predicted octanol–water partition coefficient (Wildman–Crippen LogP) is 3.27. The van der Waals surface area contributed by atoms with Crippen LogP contribution >= 0.6 is 15.9 Å². The lowest BCUT2D eigenvalue weighted by Crippen LogP contribution is -2.13. The molecule has 0 fully saturated rings. The monoisotopic (exact) mass is 357 g/mol. The lowest BCUT2D eigenvalue weighted by atomic mass is 9.92. The normalized spacial score (nSPS) is 12.4. The van der Waals surface area contributed by atoms with E-state index in [4.69, 9.17) is 0 Å². The summed E-state index contributed by atoms with van der Waals surface area (Å²) in [4.78, 5) is 0.195. The maximum atomic E-state index is 12.2. The Hall–Kier alpha value is -1.34. The summed E-state index contributed by atoms with van der Waals surface area (Å²) >= 11 is 3.27. The van der Waals surface area contributed by atoms with Crippen LogP contribution in [0.4, 0.5) is 5.82 Å². The largest absolute Gasteiger partial charge is 0.280 e. The molecule has 1 aromatic heterocycles. The molecule has 2 N–H and O–H groups in total. The number of rotatable bonds is 3. The number of sulfonamides is 1. The van der Waals surface area contributed by atoms with Crippen LogP contribution in [0.15, 0.2) is 39.7 Å². The molecule has 2 rings (SSSR count). The lowest BCUT2D eigenvalue weighted by molar-refractivity contribution is 0.567. The van der Waals surface area contributed by atoms with Crippen molar-refractivity contribution in [3.8, 4) is 0 Å². The smallest absolute Gasteiger partial charge is 0.263 e. The fourth-order valence-corrected chi connectivity index (χ4v) is 2.83. The van der Waals surface area contributed by atoms with Gasteiger partial charge in [-0.2, -0.15) is 5.10 Å². The van der Waals surface area contributed by atoms with Gasteiger partial charge in [0, 0.05) is 21.6 Å². The first-order valence-corrected chi connectivity index (χ1v) is 8.30. The molecule has 0 saturated heterocycles. The van der Waals surface area contributed by atoms with Crippen LogP contribution in [0.1, 0.15) is 26.5 Å². The molecule has 0 aliphatic carbocycles. The molecule has 0 aliphatic heterocycles. The number of nitrogens with zero attached hydrogens (tertiary/aromatic N) is 1. The summed E-state index contributed by atoms with van der Waals surface area (Å²) in [5.74, 6) is 0.290. The first-order valence-electron chi connectivity index (χ1n) is 6.03. The Kier molecular flexibility index (Phi) is 3.93. The van der Waals surface area contributed by atoms with Crippen LogP contribution in [-0.2, 0) is 15.4 Å². The molecule has 0 bridgehead atoms. The quantitative estimate of drug-likeness (QED) is 0.884. The van der Waals surface area contributed by atoms with Gasteiger partial charge in [0.1, 0.15) is 0 Å². The van der Waals surface area contributed by atoms with E-state index < -0.39 is 10.0 Å². The summed E-state index contributed by atoms with van der Waals surface area (Å²) in [5, 5.41) is 6.83. The number of halogens is 1. The Bertz CT molecular complexity index is 700. The third-order valence-corrected chi connectivity index (χ3v) is 4.65. The SMILES string of the molecule is CC(C)(C)c1cc(NS(=O)(=O)c2ccc(Br)cc2)n[nH]1. The van der Waals surface area contributed by atoms with E-state index in [0.717, 1.165) is 10.2 Å². The van der Waals surface area contributed by atoms with Gasteiger partial charge in [0.2, 0.25) is 0 Å². The van der Waals surface area contributed by atoms with E-state index >= 15 is 0 Å². The van der Waals surface area contributed by atoms with Crippen molar-refractivity contribution in [2.45, 2.75) is 31.1 Å². The van der Waals surface area contributed by atoms with Crippen LogP contribution in [0.2, 0.25) is 0 Å². The van der Waals surface area contributed by atoms with Gasteiger partial charge in [0.25, 0.3) is 10.0 Å². The lowest BCUT2D eigenvalue weighted by Gasteiger charge is -2.14. The van der Waals surface area contributed by atoms with E-state index in [1.807, 2.05) is 20.8 Å². The van der Waals surface area contributed by atoms with Crippen molar-refractivity contribution in [3.63, 3.8) is 0 Å². The van der Waals surface area contributed by atoms with E-state index in [9.17, 15) is 8.42 Å². The zero-order valence-corrected chi connectivity index (χ0v) is 13.8. The van der Waals surface area contributed by atoms with Crippen molar-refractivity contribution in [2.24, 2.45) is 0 Å². The molecular weight excluding hydrogens is 342 g/mol. The molecule has 5 nitrogen and oxygen atoms in total. The zero-order valence-electron chi connectivity index (χ0n) is 11.4. The average molecular weight is 358 g/mol. The first kappa shape index (κ1) is 15.1. The van der Waals surface area contributed by atoms with Crippen LogP contribution in [0.25, 0.3) is 0 Å². The van der Waals surface area contributed by atoms with Crippen molar-refractivity contribution in [2.75, 3.05) is 4.72 Å². The van der Waals surface area contributed by atoms with E-state index in [-0.39, 0.29) is 16.1 Å². The van der Waals surface area contributed by atoms with E-state index in [2.05, 4.69) is 30.8 Å². The third-order valence-electron chi connectivity index (χ3n) is 2.75. The maximum Gasteiger partial charge on any atom is 0.263 e. The highest BCUT2D eigenvalue weighted by Gasteiger charge is 2.20. The van der Waals surface area contributed by atoms with Crippen LogP contribution in [0.5, 0.6) is 0 Å². The first-order chi connectivity index (χ1) is 9.18. The Labute approximate surface area is 127 Å². The van der Waals surface area contributed by atoms with Gasteiger partial charge in [0.05, 0.1) is 4.90 Å². The van der Waals surface area contributed by atoms with Gasteiger partial charge in [-0.25, -0.2) is 8.42 Å². The zero-order chi connectivity index (χ0) is 15.0. The van der Waals surface area contributed by atoms with Gasteiger partial charge < -0.3 is 0 Å².